The fraction of sp³-hybridized carbons (Fsp3) is 0.571. The maximum atomic E-state index is 12.3. The highest BCUT2D eigenvalue weighted by Gasteiger charge is 2.28. The Morgan fingerprint density at radius 1 is 1.00 bits per heavy atom. The van der Waals surface area contributed by atoms with Crippen LogP contribution >= 0.6 is 0 Å². The zero-order valence-corrected chi connectivity index (χ0v) is 17.1. The van der Waals surface area contributed by atoms with Gasteiger partial charge in [0.15, 0.2) is 0 Å². The van der Waals surface area contributed by atoms with Crippen molar-refractivity contribution in [2.45, 2.75) is 19.3 Å². The van der Waals surface area contributed by atoms with Crippen LogP contribution < -0.4 is 5.32 Å². The smallest absolute Gasteiger partial charge is 0.308 e. The second kappa shape index (κ2) is 10.4. The normalized spacial score (nSPS) is 18.9. The zero-order valence-electron chi connectivity index (χ0n) is 17.1. The maximum absolute atomic E-state index is 12.3. The van der Waals surface area contributed by atoms with Crippen LogP contribution in [0.3, 0.4) is 0 Å². The quantitative estimate of drug-likeness (QED) is 0.568. The van der Waals surface area contributed by atoms with Crippen molar-refractivity contribution in [3.63, 3.8) is 0 Å². The standard InChI is InChI=1S/C21H30N4O5/c26-18-5-3-4-17(13-18)22-19(27)12-16(21(29)30)14-23-8-10-24(11-9-23)15-20(28)25-6-1-2-7-25/h3-5,13,16,26H,1-2,6-12,14-15H2,(H,22,27)(H,29,30). The third-order valence-electron chi connectivity index (χ3n) is 5.67. The first-order valence-electron chi connectivity index (χ1n) is 10.4. The topological polar surface area (TPSA) is 113 Å². The fourth-order valence-corrected chi connectivity index (χ4v) is 3.95. The molecule has 0 spiro atoms. The van der Waals surface area contributed by atoms with Crippen LogP contribution in [0, 0.1) is 5.92 Å². The van der Waals surface area contributed by atoms with Gasteiger partial charge in [0.2, 0.25) is 11.8 Å². The average Bonchev–Trinajstić information content (AvgIpc) is 3.24. The van der Waals surface area contributed by atoms with Gasteiger partial charge < -0.3 is 20.4 Å². The first-order chi connectivity index (χ1) is 14.4. The number of phenolic OH excluding ortho intramolecular Hbond substituents is 1. The molecule has 2 aliphatic rings. The van der Waals surface area contributed by atoms with Gasteiger partial charge in [0.25, 0.3) is 0 Å². The second-order valence-electron chi connectivity index (χ2n) is 8.00. The molecule has 9 nitrogen and oxygen atoms in total. The summed E-state index contributed by atoms with van der Waals surface area (Å²) in [6.07, 6.45) is 2.02. The number of carbonyl (C=O) groups is 3. The van der Waals surface area contributed by atoms with Crippen LogP contribution in [0.2, 0.25) is 0 Å². The minimum Gasteiger partial charge on any atom is -0.508 e. The molecule has 2 aliphatic heterocycles. The number of amides is 2. The van der Waals surface area contributed by atoms with Crippen molar-refractivity contribution >= 4 is 23.5 Å². The Labute approximate surface area is 176 Å². The third kappa shape index (κ3) is 6.43. The Morgan fingerprint density at radius 3 is 2.30 bits per heavy atom. The van der Waals surface area contributed by atoms with E-state index in [0.717, 1.165) is 25.9 Å². The monoisotopic (exact) mass is 418 g/mol. The van der Waals surface area contributed by atoms with E-state index >= 15 is 0 Å². The largest absolute Gasteiger partial charge is 0.508 e. The van der Waals surface area contributed by atoms with Gasteiger partial charge in [0.05, 0.1) is 12.5 Å². The van der Waals surface area contributed by atoms with Crippen molar-refractivity contribution in [2.75, 3.05) is 57.7 Å². The number of hydrogen-bond donors (Lipinski definition) is 3. The number of likely N-dealkylation sites (tertiary alicyclic amines) is 1. The summed E-state index contributed by atoms with van der Waals surface area (Å²) in [6, 6.07) is 6.15. The number of carboxylic acids is 1. The molecule has 0 aliphatic carbocycles. The number of aliphatic carboxylic acids is 1. The van der Waals surface area contributed by atoms with Crippen LogP contribution in [-0.2, 0) is 14.4 Å². The lowest BCUT2D eigenvalue weighted by Crippen LogP contribution is -2.51. The minimum absolute atomic E-state index is 0.0312. The summed E-state index contributed by atoms with van der Waals surface area (Å²) < 4.78 is 0. The molecular weight excluding hydrogens is 388 g/mol. The first-order valence-corrected chi connectivity index (χ1v) is 10.4. The van der Waals surface area contributed by atoms with Crippen molar-refractivity contribution in [1.82, 2.24) is 14.7 Å². The lowest BCUT2D eigenvalue weighted by Gasteiger charge is -2.36. The van der Waals surface area contributed by atoms with Crippen LogP contribution in [0.15, 0.2) is 24.3 Å². The van der Waals surface area contributed by atoms with Crippen molar-refractivity contribution < 1.29 is 24.6 Å². The van der Waals surface area contributed by atoms with Gasteiger partial charge in [-0.25, -0.2) is 0 Å². The summed E-state index contributed by atoms with van der Waals surface area (Å²) in [5.41, 5.74) is 0.431. The first kappa shape index (κ1) is 22.0. The summed E-state index contributed by atoms with van der Waals surface area (Å²) in [6.45, 7) is 5.17. The summed E-state index contributed by atoms with van der Waals surface area (Å²) in [7, 11) is 0. The second-order valence-corrected chi connectivity index (χ2v) is 8.00. The number of benzene rings is 1. The number of anilines is 1. The molecule has 3 N–H and O–H groups in total. The highest BCUT2D eigenvalue weighted by molar-refractivity contribution is 5.93. The minimum atomic E-state index is -1.01. The summed E-state index contributed by atoms with van der Waals surface area (Å²) in [5, 5.41) is 21.6. The molecule has 2 amide bonds. The van der Waals surface area contributed by atoms with Crippen molar-refractivity contribution in [2.24, 2.45) is 5.92 Å². The molecule has 2 saturated heterocycles. The summed E-state index contributed by atoms with van der Waals surface area (Å²) in [4.78, 5) is 42.3. The van der Waals surface area contributed by atoms with Gasteiger partial charge in [-0.3, -0.25) is 24.2 Å². The highest BCUT2D eigenvalue weighted by atomic mass is 16.4. The lowest BCUT2D eigenvalue weighted by molar-refractivity contribution is -0.144. The molecule has 9 heteroatoms. The van der Waals surface area contributed by atoms with Gasteiger partial charge in [0, 0.05) is 64.0 Å². The number of rotatable bonds is 8. The number of carboxylic acid groups (broad SMARTS) is 1. The van der Waals surface area contributed by atoms with Crippen LogP contribution in [0.25, 0.3) is 0 Å². The van der Waals surface area contributed by atoms with Crippen LogP contribution in [-0.4, -0.2) is 95.1 Å². The molecule has 2 fully saturated rings. The zero-order chi connectivity index (χ0) is 21.5. The maximum Gasteiger partial charge on any atom is 0.308 e. The predicted molar refractivity (Wildman–Crippen MR) is 111 cm³/mol. The molecule has 2 heterocycles. The molecule has 0 saturated carbocycles. The number of phenols is 1. The fourth-order valence-electron chi connectivity index (χ4n) is 3.95. The summed E-state index contributed by atoms with van der Waals surface area (Å²) in [5.74, 6) is -2.02. The van der Waals surface area contributed by atoms with Gasteiger partial charge in [0.1, 0.15) is 5.75 Å². The number of hydrogen-bond acceptors (Lipinski definition) is 6. The number of nitrogens with one attached hydrogen (secondary N) is 1. The number of carbonyl (C=O) groups excluding carboxylic acids is 2. The molecule has 164 valence electrons. The van der Waals surface area contributed by atoms with E-state index in [4.69, 9.17) is 0 Å². The SMILES string of the molecule is O=C(CC(CN1CCN(CC(=O)N2CCCC2)CC1)C(=O)O)Nc1cccc(O)c1. The Morgan fingerprint density at radius 2 is 1.67 bits per heavy atom. The molecule has 1 aromatic rings. The van der Waals surface area contributed by atoms with E-state index in [9.17, 15) is 24.6 Å². The van der Waals surface area contributed by atoms with E-state index < -0.39 is 17.8 Å². The van der Waals surface area contributed by atoms with E-state index in [2.05, 4.69) is 10.2 Å². The number of nitrogens with zero attached hydrogens (tertiary/aromatic N) is 3. The predicted octanol–water partition coefficient (Wildman–Crippen LogP) is 0.662. The third-order valence-corrected chi connectivity index (χ3v) is 5.67. The molecule has 3 rings (SSSR count). The molecule has 1 atom stereocenters. The van der Waals surface area contributed by atoms with Crippen molar-refractivity contribution in [3.8, 4) is 5.75 Å². The number of piperazine rings is 1. The molecule has 0 radical (unpaired) electrons. The molecule has 30 heavy (non-hydrogen) atoms. The van der Waals surface area contributed by atoms with E-state index in [-0.39, 0.29) is 24.6 Å². The molecule has 0 bridgehead atoms. The Hall–Kier alpha value is -2.65. The Kier molecular flexibility index (Phi) is 7.64. The van der Waals surface area contributed by atoms with E-state index in [1.54, 1.807) is 12.1 Å². The van der Waals surface area contributed by atoms with E-state index in [1.165, 1.54) is 12.1 Å². The van der Waals surface area contributed by atoms with Gasteiger partial charge in [-0.1, -0.05) is 6.07 Å². The van der Waals surface area contributed by atoms with E-state index in [0.29, 0.717) is 38.4 Å². The lowest BCUT2D eigenvalue weighted by atomic mass is 10.0. The van der Waals surface area contributed by atoms with Gasteiger partial charge in [-0.2, -0.15) is 0 Å². The molecule has 1 aromatic carbocycles. The van der Waals surface area contributed by atoms with Crippen LogP contribution in [0.1, 0.15) is 19.3 Å². The average molecular weight is 418 g/mol. The van der Waals surface area contributed by atoms with Gasteiger partial charge in [-0.15, -0.1) is 0 Å². The van der Waals surface area contributed by atoms with Crippen LogP contribution in [0.4, 0.5) is 5.69 Å². The molecule has 1 unspecified atom stereocenters. The highest BCUT2D eigenvalue weighted by Crippen LogP contribution is 2.17. The van der Waals surface area contributed by atoms with Crippen molar-refractivity contribution in [1.29, 1.82) is 0 Å². The summed E-state index contributed by atoms with van der Waals surface area (Å²) >= 11 is 0. The van der Waals surface area contributed by atoms with Crippen LogP contribution in [0.5, 0.6) is 5.75 Å². The Balaban J connectivity index is 1.43. The van der Waals surface area contributed by atoms with Gasteiger partial charge >= 0.3 is 5.97 Å². The molecular formula is C21H30N4O5. The van der Waals surface area contributed by atoms with Gasteiger partial charge in [-0.05, 0) is 25.0 Å². The van der Waals surface area contributed by atoms with Crippen molar-refractivity contribution in [3.05, 3.63) is 24.3 Å². The Bertz CT molecular complexity index is 758. The van der Waals surface area contributed by atoms with E-state index in [1.807, 2.05) is 9.80 Å². The molecule has 0 aromatic heterocycles. The number of aromatic hydroxyl groups is 1.